The summed E-state index contributed by atoms with van der Waals surface area (Å²) < 4.78 is 8.69. The third-order valence-electron chi connectivity index (χ3n) is 3.53. The minimum atomic E-state index is -0.0940. The summed E-state index contributed by atoms with van der Waals surface area (Å²) in [5, 5.41) is 6.26. The molecule has 2 aliphatic rings. The van der Waals surface area contributed by atoms with Gasteiger partial charge < -0.3 is 0 Å². The Morgan fingerprint density at radius 3 is 3.21 bits per heavy atom. The number of nitrogens with zero attached hydrogens (tertiary/aromatic N) is 2. The molecule has 2 atom stereocenters. The van der Waals surface area contributed by atoms with Crippen LogP contribution in [0.3, 0.4) is 0 Å². The van der Waals surface area contributed by atoms with E-state index in [1.54, 1.807) is 0 Å². The predicted molar refractivity (Wildman–Crippen MR) is 75.2 cm³/mol. The Hall–Kier alpha value is -1.23. The monoisotopic (exact) mass is 324 g/mol. The second kappa shape index (κ2) is 5.41. The summed E-state index contributed by atoms with van der Waals surface area (Å²) in [5.74, 6) is 0.635. The molecule has 100 valence electrons. The number of rotatable bonds is 2. The van der Waals surface area contributed by atoms with Crippen LogP contribution in [0, 0.1) is 5.92 Å². The maximum absolute atomic E-state index is 12.3. The number of carbonyl (C=O) groups is 1. The molecule has 2 aliphatic heterocycles. The molecule has 0 bridgehead atoms. The Bertz CT molecular complexity index is 580. The van der Waals surface area contributed by atoms with Gasteiger partial charge in [0.25, 0.3) is 0 Å². The van der Waals surface area contributed by atoms with Crippen molar-refractivity contribution in [2.24, 2.45) is 13.8 Å². The molecule has 0 radical (unpaired) electrons. The van der Waals surface area contributed by atoms with E-state index in [0.29, 0.717) is 5.92 Å². The van der Waals surface area contributed by atoms with Crippen LogP contribution in [0.2, 0.25) is 0 Å². The summed E-state index contributed by atoms with van der Waals surface area (Å²) in [6.45, 7) is 3.10. The minimum absolute atomic E-state index is 0.0366. The van der Waals surface area contributed by atoms with Crippen molar-refractivity contribution in [1.29, 1.82) is 0 Å². The number of hydrogen-bond donors (Lipinski definition) is 2. The van der Waals surface area contributed by atoms with Crippen LogP contribution in [0.15, 0.2) is 26.1 Å². The quantitative estimate of drug-likeness (QED) is 0.833. The van der Waals surface area contributed by atoms with Crippen LogP contribution >= 0.6 is 0 Å². The molecule has 1 aromatic carbocycles. The van der Waals surface area contributed by atoms with Crippen LogP contribution in [0.25, 0.3) is 0 Å². The number of fused-ring (bicyclic) bond motifs is 1. The molecule has 2 unspecified atom stereocenters. The van der Waals surface area contributed by atoms with E-state index in [9.17, 15) is 4.79 Å². The molecule has 2 N–H and O–H groups in total. The van der Waals surface area contributed by atoms with Gasteiger partial charge >= 0.3 is 117 Å². The average Bonchev–Trinajstić information content (AvgIpc) is 2.88. The molecule has 0 aromatic heterocycles. The number of hydrogen-bond acceptors (Lipinski definition) is 4. The van der Waals surface area contributed by atoms with Crippen molar-refractivity contribution in [2.75, 3.05) is 11.9 Å². The molecule has 2 heterocycles. The summed E-state index contributed by atoms with van der Waals surface area (Å²) >= 11 is -0.0687. The summed E-state index contributed by atoms with van der Waals surface area (Å²) in [7, 11) is 0. The van der Waals surface area contributed by atoms with Crippen molar-refractivity contribution >= 4 is 37.5 Å². The SMILES string of the molecule is CC1CCNC(C(=O)Nc2cccc3c2N=[Se]=N3)C1. The fraction of sp³-hybridized carbons (Fsp3) is 0.462. The van der Waals surface area contributed by atoms with E-state index in [1.807, 2.05) is 18.2 Å². The number of benzene rings is 1. The zero-order valence-electron chi connectivity index (χ0n) is 10.7. The van der Waals surface area contributed by atoms with Gasteiger partial charge in [-0.05, 0) is 0 Å². The molecule has 19 heavy (non-hydrogen) atoms. The number of piperidine rings is 1. The molecular formula is C13H16N4OSe. The van der Waals surface area contributed by atoms with Crippen LogP contribution in [-0.4, -0.2) is 33.1 Å². The van der Waals surface area contributed by atoms with Gasteiger partial charge in [0.2, 0.25) is 0 Å². The third-order valence-corrected chi connectivity index (χ3v) is 4.66. The molecule has 0 spiro atoms. The van der Waals surface area contributed by atoms with Gasteiger partial charge in [0.15, 0.2) is 0 Å². The summed E-state index contributed by atoms with van der Waals surface area (Å²) in [4.78, 5) is 12.3. The van der Waals surface area contributed by atoms with Crippen molar-refractivity contribution < 1.29 is 4.79 Å². The summed E-state index contributed by atoms with van der Waals surface area (Å²) in [6.07, 6.45) is 2.04. The number of anilines is 1. The fourth-order valence-corrected chi connectivity index (χ4v) is 3.59. The standard InChI is InChI=1S/C13H16N4OSe/c1-8-5-6-14-11(7-8)13(18)15-9-3-2-4-10-12(9)17-19-16-10/h2-4,8,11,14H,5-7H2,1H3,(H,15,18). The first kappa shape index (κ1) is 12.8. The summed E-state index contributed by atoms with van der Waals surface area (Å²) in [6, 6.07) is 5.64. The first-order valence-corrected chi connectivity index (χ1v) is 8.03. The molecule has 0 aliphatic carbocycles. The van der Waals surface area contributed by atoms with E-state index in [4.69, 9.17) is 0 Å². The Kier molecular flexibility index (Phi) is 3.64. The molecule has 3 rings (SSSR count). The molecule has 6 heteroatoms. The van der Waals surface area contributed by atoms with Gasteiger partial charge in [-0.3, -0.25) is 0 Å². The Labute approximate surface area is 117 Å². The molecule has 1 aromatic rings. The van der Waals surface area contributed by atoms with Crippen molar-refractivity contribution in [2.45, 2.75) is 25.8 Å². The fourth-order valence-electron chi connectivity index (χ4n) is 2.43. The molecule has 1 saturated heterocycles. The summed E-state index contributed by atoms with van der Waals surface area (Å²) in [5.41, 5.74) is 2.51. The number of nitrogens with one attached hydrogen (secondary N) is 2. The Morgan fingerprint density at radius 1 is 1.47 bits per heavy atom. The molecule has 1 amide bonds. The van der Waals surface area contributed by atoms with Gasteiger partial charge in [0.05, 0.1) is 0 Å². The van der Waals surface area contributed by atoms with E-state index in [1.165, 1.54) is 0 Å². The van der Waals surface area contributed by atoms with Gasteiger partial charge in [-0.15, -0.1) is 0 Å². The molecular weight excluding hydrogens is 307 g/mol. The molecule has 0 saturated carbocycles. The van der Waals surface area contributed by atoms with Crippen molar-refractivity contribution in [3.8, 4) is 0 Å². The first-order valence-electron chi connectivity index (χ1n) is 6.49. The topological polar surface area (TPSA) is 65.8 Å². The van der Waals surface area contributed by atoms with E-state index < -0.39 is 0 Å². The van der Waals surface area contributed by atoms with Crippen LogP contribution in [0.5, 0.6) is 0 Å². The second-order valence-electron chi connectivity index (χ2n) is 5.06. The van der Waals surface area contributed by atoms with Crippen LogP contribution in [0.4, 0.5) is 17.1 Å². The first-order chi connectivity index (χ1) is 9.24. The van der Waals surface area contributed by atoms with Crippen molar-refractivity contribution in [1.82, 2.24) is 5.32 Å². The normalized spacial score (nSPS) is 24.7. The van der Waals surface area contributed by atoms with Crippen LogP contribution in [0.1, 0.15) is 19.8 Å². The zero-order chi connectivity index (χ0) is 13.2. The van der Waals surface area contributed by atoms with Crippen molar-refractivity contribution in [3.63, 3.8) is 0 Å². The van der Waals surface area contributed by atoms with Crippen LogP contribution in [-0.2, 0) is 4.79 Å². The van der Waals surface area contributed by atoms with Gasteiger partial charge in [-0.2, -0.15) is 0 Å². The van der Waals surface area contributed by atoms with Gasteiger partial charge in [-0.25, -0.2) is 0 Å². The predicted octanol–water partition coefficient (Wildman–Crippen LogP) is 2.36. The van der Waals surface area contributed by atoms with E-state index >= 15 is 0 Å². The molecule has 5 nitrogen and oxygen atoms in total. The third kappa shape index (κ3) is 2.71. The zero-order valence-corrected chi connectivity index (χ0v) is 12.4. The second-order valence-corrected chi connectivity index (χ2v) is 6.17. The number of amides is 1. The Balaban J connectivity index is 1.74. The van der Waals surface area contributed by atoms with E-state index in [2.05, 4.69) is 25.5 Å². The van der Waals surface area contributed by atoms with Crippen molar-refractivity contribution in [3.05, 3.63) is 18.2 Å². The number of carbonyl (C=O) groups excluding carboxylic acids is 1. The maximum atomic E-state index is 12.3. The Morgan fingerprint density at radius 2 is 2.37 bits per heavy atom. The molecule has 1 fully saturated rings. The van der Waals surface area contributed by atoms with Gasteiger partial charge in [-0.1, -0.05) is 0 Å². The van der Waals surface area contributed by atoms with Crippen LogP contribution < -0.4 is 10.6 Å². The van der Waals surface area contributed by atoms with Gasteiger partial charge in [0.1, 0.15) is 0 Å². The van der Waals surface area contributed by atoms with E-state index in [-0.39, 0.29) is 26.5 Å². The average molecular weight is 323 g/mol. The van der Waals surface area contributed by atoms with E-state index in [0.717, 1.165) is 36.4 Å². The van der Waals surface area contributed by atoms with Gasteiger partial charge in [0, 0.05) is 0 Å².